The monoisotopic (exact) mass is 785 g/mol. The van der Waals surface area contributed by atoms with Crippen molar-refractivity contribution < 1.29 is 0 Å². The van der Waals surface area contributed by atoms with Crippen LogP contribution in [0, 0.1) is 0 Å². The Morgan fingerprint density at radius 1 is 0.450 bits per heavy atom. The maximum absolute atomic E-state index is 4.07. The molecule has 2 heterocycles. The highest BCUT2D eigenvalue weighted by Crippen LogP contribution is 2.63. The molecule has 0 fully saturated rings. The third-order valence-corrected chi connectivity index (χ3v) is 14.6. The fourth-order valence-corrected chi connectivity index (χ4v) is 11.9. The maximum atomic E-state index is 4.07. The van der Waals surface area contributed by atoms with E-state index in [1.807, 2.05) is 11.8 Å². The van der Waals surface area contributed by atoms with E-state index in [-0.39, 0.29) is 23.0 Å². The Bertz CT molecular complexity index is 3180. The number of anilines is 1. The number of rotatable bonds is 4. The number of nitrogens with one attached hydrogen (secondary N) is 3. The number of thioether (sulfide) groups is 1. The molecule has 3 atom stereocenters. The Labute approximate surface area is 353 Å². The van der Waals surface area contributed by atoms with Gasteiger partial charge < -0.3 is 10.6 Å². The third-order valence-electron chi connectivity index (χ3n) is 13.4. The minimum absolute atomic E-state index is 0.0666. The van der Waals surface area contributed by atoms with E-state index >= 15 is 0 Å². The van der Waals surface area contributed by atoms with Gasteiger partial charge in [-0.1, -0.05) is 194 Å². The molecule has 3 nitrogen and oxygen atoms in total. The van der Waals surface area contributed by atoms with Crippen LogP contribution in [-0.2, 0) is 5.41 Å². The van der Waals surface area contributed by atoms with Crippen molar-refractivity contribution in [3.63, 3.8) is 0 Å². The van der Waals surface area contributed by atoms with E-state index < -0.39 is 0 Å². The molecule has 0 radical (unpaired) electrons. The summed E-state index contributed by atoms with van der Waals surface area (Å²) in [5.41, 5.74) is 17.8. The van der Waals surface area contributed by atoms with Crippen molar-refractivity contribution in [1.82, 2.24) is 10.6 Å². The summed E-state index contributed by atoms with van der Waals surface area (Å²) in [7, 11) is 0. The van der Waals surface area contributed by atoms with Crippen LogP contribution in [0.25, 0.3) is 49.5 Å². The van der Waals surface area contributed by atoms with Gasteiger partial charge >= 0.3 is 0 Å². The molecule has 9 aromatic carbocycles. The molecule has 9 aromatic rings. The highest BCUT2D eigenvalue weighted by Gasteiger charge is 2.51. The van der Waals surface area contributed by atoms with Crippen LogP contribution in [0.15, 0.2) is 205 Å². The molecule has 3 unspecified atom stereocenters. The van der Waals surface area contributed by atoms with Crippen molar-refractivity contribution in [2.24, 2.45) is 0 Å². The lowest BCUT2D eigenvalue weighted by Crippen LogP contribution is -2.39. The number of hydrogen-bond acceptors (Lipinski definition) is 4. The van der Waals surface area contributed by atoms with Gasteiger partial charge in [-0.2, -0.15) is 0 Å². The summed E-state index contributed by atoms with van der Waals surface area (Å²) in [6, 6.07) is 72.1. The second-order valence-corrected chi connectivity index (χ2v) is 17.6. The minimum Gasteiger partial charge on any atom is -0.368 e. The summed E-state index contributed by atoms with van der Waals surface area (Å²) in [5.74, 6) is 0. The van der Waals surface area contributed by atoms with Gasteiger partial charge in [0.15, 0.2) is 0 Å². The molecule has 3 N–H and O–H groups in total. The van der Waals surface area contributed by atoms with E-state index in [4.69, 9.17) is 0 Å². The first-order valence-corrected chi connectivity index (χ1v) is 21.8. The summed E-state index contributed by atoms with van der Waals surface area (Å²) >= 11 is 1.93. The van der Waals surface area contributed by atoms with Gasteiger partial charge in [0.25, 0.3) is 0 Å². The average Bonchev–Trinajstić information content (AvgIpc) is 3.99. The topological polar surface area (TPSA) is 36.1 Å². The lowest BCUT2D eigenvalue weighted by atomic mass is 9.70. The van der Waals surface area contributed by atoms with Crippen LogP contribution >= 0.6 is 11.8 Å². The van der Waals surface area contributed by atoms with Gasteiger partial charge in [-0.25, -0.2) is 0 Å². The molecule has 60 heavy (non-hydrogen) atoms. The predicted molar refractivity (Wildman–Crippen MR) is 249 cm³/mol. The van der Waals surface area contributed by atoms with Crippen molar-refractivity contribution >= 4 is 44.7 Å². The first-order valence-electron chi connectivity index (χ1n) is 20.9. The fraction of sp³-hybridized carbons (Fsp3) is 0.0714. The van der Waals surface area contributed by atoms with Crippen LogP contribution in [0.2, 0.25) is 0 Å². The van der Waals surface area contributed by atoms with Gasteiger partial charge in [-0.3, -0.25) is 5.32 Å². The molecule has 284 valence electrons. The fourth-order valence-electron chi connectivity index (χ4n) is 10.8. The molecule has 0 amide bonds. The number of hydrogen-bond donors (Lipinski definition) is 3. The zero-order valence-corrected chi connectivity index (χ0v) is 33.5. The summed E-state index contributed by atoms with van der Waals surface area (Å²) in [5, 5.41) is 16.9. The molecule has 0 aromatic heterocycles. The summed E-state index contributed by atoms with van der Waals surface area (Å²) in [6.07, 6.45) is 2.24. The van der Waals surface area contributed by atoms with E-state index in [9.17, 15) is 0 Å². The Morgan fingerprint density at radius 3 is 1.77 bits per heavy atom. The molecule has 4 aliphatic rings. The summed E-state index contributed by atoms with van der Waals surface area (Å²) in [4.78, 5) is 1.29. The Hall–Kier alpha value is -6.85. The van der Waals surface area contributed by atoms with Crippen LogP contribution in [0.3, 0.4) is 0 Å². The Balaban J connectivity index is 0.884. The quantitative estimate of drug-likeness (QED) is 0.155. The summed E-state index contributed by atoms with van der Waals surface area (Å²) in [6.45, 7) is 0. The van der Waals surface area contributed by atoms with Crippen molar-refractivity contribution in [2.75, 3.05) is 5.32 Å². The SMILES string of the molecule is C1=C(c2ccccc2)NC(c2ccc3c(ccc4ccc5c(c43)NC(c3ccc4c(c3)C3(c6ccccc6-c6ccccc63)c3ccccc3-4)S5)c2)NC1c1ccccc1. The number of benzene rings is 9. The van der Waals surface area contributed by atoms with Crippen LogP contribution in [-0.4, -0.2) is 0 Å². The molecule has 0 saturated carbocycles. The second-order valence-electron chi connectivity index (χ2n) is 16.5. The van der Waals surface area contributed by atoms with E-state index in [0.29, 0.717) is 0 Å². The van der Waals surface area contributed by atoms with Gasteiger partial charge in [-0.05, 0) is 101 Å². The lowest BCUT2D eigenvalue weighted by Gasteiger charge is -2.33. The standard InChI is InChI=1S/C56H39N3S/c1-3-13-34(14-4-1)49-33-50(35-15-5-2-6-16-35)58-54(57-49)38-25-28-40-37(31-38)24-23-36-27-30-51-53(52(36)40)59-55(60-51)39-26-29-44-43-19-9-12-22-47(43)56(48(44)32-39)45-20-10-7-17-41(45)42-18-8-11-21-46(42)56/h1-33,49,54-55,57-59H. The minimum atomic E-state index is -0.354. The van der Waals surface area contributed by atoms with Gasteiger partial charge in [-0.15, -0.1) is 0 Å². The molecule has 1 spiro atoms. The number of fused-ring (bicyclic) bond motifs is 15. The van der Waals surface area contributed by atoms with Crippen molar-refractivity contribution in [3.05, 3.63) is 245 Å². The highest BCUT2D eigenvalue weighted by molar-refractivity contribution is 8.00. The Kier molecular flexibility index (Phi) is 7.42. The maximum Gasteiger partial charge on any atom is 0.104 e. The molecule has 0 saturated heterocycles. The van der Waals surface area contributed by atoms with Crippen molar-refractivity contribution in [2.45, 2.75) is 27.9 Å². The normalized spacial score (nSPS) is 18.9. The molecule has 0 bridgehead atoms. The first-order chi connectivity index (χ1) is 29.7. The van der Waals surface area contributed by atoms with Crippen LogP contribution in [0.5, 0.6) is 0 Å². The van der Waals surface area contributed by atoms with Gasteiger partial charge in [0, 0.05) is 16.0 Å². The zero-order valence-electron chi connectivity index (χ0n) is 32.7. The second kappa shape index (κ2) is 13.1. The molecule has 4 heteroatoms. The average molecular weight is 786 g/mol. The molecular weight excluding hydrogens is 747 g/mol. The van der Waals surface area contributed by atoms with Crippen LogP contribution in [0.4, 0.5) is 5.69 Å². The lowest BCUT2D eigenvalue weighted by molar-refractivity contribution is 0.443. The smallest absolute Gasteiger partial charge is 0.104 e. The zero-order chi connectivity index (χ0) is 39.4. The van der Waals surface area contributed by atoms with Gasteiger partial charge in [0.05, 0.1) is 17.1 Å². The van der Waals surface area contributed by atoms with E-state index in [1.54, 1.807) is 0 Å². The van der Waals surface area contributed by atoms with Crippen LogP contribution in [0.1, 0.15) is 62.1 Å². The van der Waals surface area contributed by atoms with Crippen LogP contribution < -0.4 is 16.0 Å². The van der Waals surface area contributed by atoms with E-state index in [1.165, 1.54) is 98.9 Å². The van der Waals surface area contributed by atoms with Crippen molar-refractivity contribution in [1.29, 1.82) is 0 Å². The van der Waals surface area contributed by atoms with E-state index in [2.05, 4.69) is 216 Å². The molecule has 13 rings (SSSR count). The highest BCUT2D eigenvalue weighted by atomic mass is 32.2. The summed E-state index contributed by atoms with van der Waals surface area (Å²) < 4.78 is 0. The van der Waals surface area contributed by atoms with Gasteiger partial charge in [0.1, 0.15) is 11.5 Å². The molecule has 2 aliphatic carbocycles. The first kappa shape index (κ1) is 34.1. The Morgan fingerprint density at radius 2 is 1.05 bits per heavy atom. The molecular formula is C56H39N3S. The van der Waals surface area contributed by atoms with Gasteiger partial charge in [0.2, 0.25) is 0 Å². The molecule has 2 aliphatic heterocycles. The third kappa shape index (κ3) is 4.89. The van der Waals surface area contributed by atoms with E-state index in [0.717, 1.165) is 5.70 Å². The predicted octanol–water partition coefficient (Wildman–Crippen LogP) is 13.5. The largest absolute Gasteiger partial charge is 0.368 e. The van der Waals surface area contributed by atoms with Crippen molar-refractivity contribution in [3.8, 4) is 22.3 Å².